The molecule has 3 rings (SSSR count). The Kier molecular flexibility index (Phi) is 9.15. The number of imide groups is 1. The maximum Gasteiger partial charge on any atom is 0.326 e. The third kappa shape index (κ3) is 6.98. The molecular formula is C24H23IN2O7S. The quantitative estimate of drug-likeness (QED) is 0.255. The molecule has 0 unspecified atom stereocenters. The van der Waals surface area contributed by atoms with Gasteiger partial charge in [-0.15, -0.1) is 0 Å². The van der Waals surface area contributed by atoms with E-state index in [1.54, 1.807) is 31.2 Å². The predicted molar refractivity (Wildman–Crippen MR) is 140 cm³/mol. The van der Waals surface area contributed by atoms with Gasteiger partial charge in [-0.05, 0) is 84.1 Å². The number of ether oxygens (including phenoxy) is 3. The number of carbonyl (C=O) groups excluding carboxylic acids is 4. The molecular weight excluding hydrogens is 587 g/mol. The van der Waals surface area contributed by atoms with Gasteiger partial charge < -0.3 is 19.5 Å². The molecule has 9 nitrogen and oxygen atoms in total. The monoisotopic (exact) mass is 610 g/mol. The summed E-state index contributed by atoms with van der Waals surface area (Å²) in [5.41, 5.74) is 2.34. The Bertz CT molecular complexity index is 1180. The summed E-state index contributed by atoms with van der Waals surface area (Å²) in [6.07, 6.45) is 1.54. The highest BCUT2D eigenvalue weighted by Gasteiger charge is 2.36. The average molecular weight is 610 g/mol. The van der Waals surface area contributed by atoms with Crippen LogP contribution in [0.3, 0.4) is 0 Å². The van der Waals surface area contributed by atoms with Crippen LogP contribution in [0.1, 0.15) is 18.1 Å². The van der Waals surface area contributed by atoms with Crippen LogP contribution in [0.5, 0.6) is 11.5 Å². The molecule has 1 N–H and O–H groups in total. The van der Waals surface area contributed by atoms with Crippen LogP contribution in [0.2, 0.25) is 0 Å². The first kappa shape index (κ1) is 26.5. The highest BCUT2D eigenvalue weighted by Crippen LogP contribution is 2.37. The van der Waals surface area contributed by atoms with Gasteiger partial charge >= 0.3 is 5.97 Å². The summed E-state index contributed by atoms with van der Waals surface area (Å²) in [4.78, 5) is 49.8. The number of rotatable bonds is 9. The summed E-state index contributed by atoms with van der Waals surface area (Å²) in [5.74, 6) is -0.821. The van der Waals surface area contributed by atoms with Crippen molar-refractivity contribution < 1.29 is 33.4 Å². The van der Waals surface area contributed by atoms with Crippen molar-refractivity contribution >= 4 is 69.1 Å². The normalized spacial score (nSPS) is 14.3. The summed E-state index contributed by atoms with van der Waals surface area (Å²) in [6.45, 7) is 3.09. The highest BCUT2D eigenvalue weighted by atomic mass is 127. The Morgan fingerprint density at radius 3 is 2.54 bits per heavy atom. The lowest BCUT2D eigenvalue weighted by Gasteiger charge is -2.14. The fourth-order valence-corrected chi connectivity index (χ4v) is 4.68. The third-order valence-corrected chi connectivity index (χ3v) is 6.41. The Morgan fingerprint density at radius 1 is 1.17 bits per heavy atom. The second-order valence-electron chi connectivity index (χ2n) is 7.31. The Balaban J connectivity index is 1.71. The summed E-state index contributed by atoms with van der Waals surface area (Å²) < 4.78 is 16.6. The summed E-state index contributed by atoms with van der Waals surface area (Å²) in [5, 5.41) is 2.22. The first-order chi connectivity index (χ1) is 16.7. The van der Waals surface area contributed by atoms with Crippen LogP contribution in [-0.2, 0) is 19.1 Å². The van der Waals surface area contributed by atoms with E-state index in [-0.39, 0.29) is 24.0 Å². The molecule has 1 aliphatic heterocycles. The van der Waals surface area contributed by atoms with Gasteiger partial charge in [0.15, 0.2) is 18.1 Å². The van der Waals surface area contributed by atoms with Gasteiger partial charge in [0.05, 0.1) is 22.2 Å². The van der Waals surface area contributed by atoms with Crippen LogP contribution < -0.4 is 14.8 Å². The second-order valence-corrected chi connectivity index (χ2v) is 9.47. The number of carbonyl (C=O) groups is 4. The smallest absolute Gasteiger partial charge is 0.326 e. The maximum absolute atomic E-state index is 12.6. The zero-order valence-corrected chi connectivity index (χ0v) is 22.2. The van der Waals surface area contributed by atoms with Crippen molar-refractivity contribution in [2.45, 2.75) is 13.8 Å². The number of amides is 3. The van der Waals surface area contributed by atoms with E-state index in [1.165, 1.54) is 13.2 Å². The van der Waals surface area contributed by atoms with Crippen LogP contribution in [-0.4, -0.2) is 54.8 Å². The van der Waals surface area contributed by atoms with Crippen LogP contribution >= 0.6 is 34.4 Å². The van der Waals surface area contributed by atoms with Crippen LogP contribution in [0.15, 0.2) is 41.3 Å². The number of nitrogens with zero attached hydrogens (tertiary/aromatic N) is 1. The largest absolute Gasteiger partial charge is 0.493 e. The Morgan fingerprint density at radius 2 is 1.89 bits per heavy atom. The summed E-state index contributed by atoms with van der Waals surface area (Å²) >= 11 is 2.78. The topological polar surface area (TPSA) is 111 Å². The molecule has 1 saturated heterocycles. The Hall–Kier alpha value is -3.06. The number of aryl methyl sites for hydroxylation is 1. The van der Waals surface area contributed by atoms with Gasteiger partial charge in [0.25, 0.3) is 17.1 Å². The molecule has 1 heterocycles. The molecule has 1 fully saturated rings. The number of benzene rings is 2. The van der Waals surface area contributed by atoms with E-state index in [0.717, 1.165) is 22.2 Å². The van der Waals surface area contributed by atoms with Gasteiger partial charge in [-0.1, -0.05) is 17.7 Å². The minimum absolute atomic E-state index is 0.158. The van der Waals surface area contributed by atoms with E-state index in [4.69, 9.17) is 14.2 Å². The number of hydrogen-bond acceptors (Lipinski definition) is 8. The van der Waals surface area contributed by atoms with Crippen molar-refractivity contribution in [1.29, 1.82) is 0 Å². The molecule has 1 aliphatic rings. The van der Waals surface area contributed by atoms with E-state index in [2.05, 4.69) is 5.32 Å². The van der Waals surface area contributed by atoms with Crippen molar-refractivity contribution in [3.63, 3.8) is 0 Å². The van der Waals surface area contributed by atoms with Gasteiger partial charge in [-0.2, -0.15) is 0 Å². The lowest BCUT2D eigenvalue weighted by Crippen LogP contribution is -2.34. The average Bonchev–Trinajstić information content (AvgIpc) is 3.07. The number of methoxy groups -OCH3 is 1. The molecule has 11 heteroatoms. The van der Waals surface area contributed by atoms with E-state index < -0.39 is 23.7 Å². The predicted octanol–water partition coefficient (Wildman–Crippen LogP) is 4.23. The molecule has 35 heavy (non-hydrogen) atoms. The zero-order chi connectivity index (χ0) is 25.5. The van der Waals surface area contributed by atoms with Crippen molar-refractivity contribution in [3.05, 3.63) is 56.0 Å². The molecule has 0 radical (unpaired) electrons. The number of anilines is 1. The molecule has 0 spiro atoms. The van der Waals surface area contributed by atoms with Crippen LogP contribution in [0.4, 0.5) is 10.5 Å². The fourth-order valence-electron chi connectivity index (χ4n) is 3.06. The Labute approximate surface area is 220 Å². The summed E-state index contributed by atoms with van der Waals surface area (Å²) in [7, 11) is 1.46. The lowest BCUT2D eigenvalue weighted by molar-refractivity contribution is -0.146. The van der Waals surface area contributed by atoms with Gasteiger partial charge in [-0.3, -0.25) is 24.1 Å². The molecule has 0 saturated carbocycles. The molecule has 0 bridgehead atoms. The van der Waals surface area contributed by atoms with Gasteiger partial charge in [0, 0.05) is 5.69 Å². The molecule has 3 amide bonds. The minimum atomic E-state index is -0.653. The molecule has 2 aromatic carbocycles. The number of esters is 1. The van der Waals surface area contributed by atoms with E-state index in [0.29, 0.717) is 26.3 Å². The van der Waals surface area contributed by atoms with E-state index >= 15 is 0 Å². The number of thioether (sulfide) groups is 1. The van der Waals surface area contributed by atoms with E-state index in [9.17, 15) is 19.2 Å². The van der Waals surface area contributed by atoms with Crippen LogP contribution in [0, 0.1) is 10.5 Å². The van der Waals surface area contributed by atoms with Gasteiger partial charge in [0.2, 0.25) is 0 Å². The van der Waals surface area contributed by atoms with Crippen molar-refractivity contribution in [3.8, 4) is 11.5 Å². The minimum Gasteiger partial charge on any atom is -0.493 e. The molecule has 184 valence electrons. The molecule has 0 atom stereocenters. The highest BCUT2D eigenvalue weighted by molar-refractivity contribution is 14.1. The SMILES string of the molecule is CCOC(=O)CN1C(=O)S/C(=C/c2cc(I)c(OCC(=O)Nc3ccc(C)cc3)c(OC)c2)C1=O. The zero-order valence-electron chi connectivity index (χ0n) is 19.3. The van der Waals surface area contributed by atoms with Gasteiger partial charge in [-0.25, -0.2) is 0 Å². The molecule has 0 aromatic heterocycles. The van der Waals surface area contributed by atoms with Gasteiger partial charge in [0.1, 0.15) is 6.54 Å². The molecule has 2 aromatic rings. The standard InChI is InChI=1S/C24H23IN2O7S/c1-4-33-21(29)12-27-23(30)19(35-24(27)31)11-15-9-17(25)22(18(10-15)32-3)34-13-20(28)26-16-7-5-14(2)6-8-16/h5-11H,4,12-13H2,1-3H3,(H,26,28)/b19-11+. The van der Waals surface area contributed by atoms with Crippen molar-refractivity contribution in [1.82, 2.24) is 4.90 Å². The first-order valence-electron chi connectivity index (χ1n) is 10.5. The number of nitrogens with one attached hydrogen (secondary N) is 1. The van der Waals surface area contributed by atoms with E-state index in [1.807, 2.05) is 41.6 Å². The fraction of sp³-hybridized carbons (Fsp3) is 0.250. The lowest BCUT2D eigenvalue weighted by atomic mass is 10.2. The second kappa shape index (κ2) is 12.1. The van der Waals surface area contributed by atoms with Crippen molar-refractivity contribution in [2.75, 3.05) is 32.2 Å². The first-order valence-corrected chi connectivity index (χ1v) is 12.4. The van der Waals surface area contributed by atoms with Crippen LogP contribution in [0.25, 0.3) is 6.08 Å². The molecule has 0 aliphatic carbocycles. The number of halogens is 1. The van der Waals surface area contributed by atoms with Crippen molar-refractivity contribution in [2.24, 2.45) is 0 Å². The maximum atomic E-state index is 12.6. The summed E-state index contributed by atoms with van der Waals surface area (Å²) in [6, 6.07) is 10.8. The third-order valence-electron chi connectivity index (χ3n) is 4.70. The number of hydrogen-bond donors (Lipinski definition) is 1.